The van der Waals surface area contributed by atoms with Gasteiger partial charge in [0.25, 0.3) is 10.0 Å². The summed E-state index contributed by atoms with van der Waals surface area (Å²) in [7, 11) is -4.08. The summed E-state index contributed by atoms with van der Waals surface area (Å²) in [6.45, 7) is 1.26. The third-order valence-electron chi connectivity index (χ3n) is 5.36. The fraction of sp³-hybridized carbons (Fsp3) is 0.217. The van der Waals surface area contributed by atoms with Crippen LogP contribution < -0.4 is 9.46 Å². The Morgan fingerprint density at radius 2 is 1.91 bits per heavy atom. The molecule has 0 amide bonds. The lowest BCUT2D eigenvalue weighted by molar-refractivity contribution is 0.0243. The molecule has 0 atom stereocenters. The number of benzene rings is 1. The van der Waals surface area contributed by atoms with Gasteiger partial charge in [-0.3, -0.25) is 9.71 Å². The second-order valence-corrected chi connectivity index (χ2v) is 9.87. The van der Waals surface area contributed by atoms with E-state index in [0.717, 1.165) is 31.0 Å². The van der Waals surface area contributed by atoms with E-state index in [4.69, 9.17) is 21.1 Å². The third-order valence-corrected chi connectivity index (χ3v) is 7.23. The fourth-order valence-corrected chi connectivity index (χ4v) is 5.22. The predicted molar refractivity (Wildman–Crippen MR) is 127 cm³/mol. The quantitative estimate of drug-likeness (QED) is 0.405. The van der Waals surface area contributed by atoms with Crippen LogP contribution in [-0.4, -0.2) is 47.7 Å². The highest BCUT2D eigenvalue weighted by molar-refractivity contribution is 7.92. The molecular weight excluding hydrogens is 497 g/mol. The van der Waals surface area contributed by atoms with E-state index < -0.39 is 15.8 Å². The summed E-state index contributed by atoms with van der Waals surface area (Å²) in [5.74, 6) is -0.261. The molecule has 1 fully saturated rings. The molecule has 1 saturated heterocycles. The number of nitrogens with one attached hydrogen (secondary N) is 1. The van der Waals surface area contributed by atoms with Crippen molar-refractivity contribution in [1.29, 1.82) is 0 Å². The molecule has 4 heterocycles. The van der Waals surface area contributed by atoms with Gasteiger partial charge in [0, 0.05) is 24.6 Å². The first-order valence-electron chi connectivity index (χ1n) is 10.7. The van der Waals surface area contributed by atoms with E-state index in [-0.39, 0.29) is 21.7 Å². The minimum Gasteiger partial charge on any atom is -0.473 e. The Morgan fingerprint density at radius 1 is 1.09 bits per heavy atom. The molecule has 5 rings (SSSR count). The molecule has 0 aliphatic carbocycles. The van der Waals surface area contributed by atoms with Gasteiger partial charge in [-0.1, -0.05) is 11.6 Å². The smallest absolute Gasteiger partial charge is 0.263 e. The van der Waals surface area contributed by atoms with Gasteiger partial charge >= 0.3 is 0 Å². The molecule has 9 nitrogen and oxygen atoms in total. The highest BCUT2D eigenvalue weighted by atomic mass is 35.5. The Hall–Kier alpha value is -3.41. The van der Waals surface area contributed by atoms with Gasteiger partial charge in [-0.25, -0.2) is 22.8 Å². The molecule has 1 N–H and O–H groups in total. The van der Waals surface area contributed by atoms with Crippen molar-refractivity contribution in [2.24, 2.45) is 0 Å². The molecule has 12 heteroatoms. The Morgan fingerprint density at radius 3 is 2.71 bits per heavy atom. The van der Waals surface area contributed by atoms with Crippen LogP contribution in [0.15, 0.2) is 60.0 Å². The van der Waals surface area contributed by atoms with E-state index in [1.54, 1.807) is 24.4 Å². The second-order valence-electron chi connectivity index (χ2n) is 7.82. The van der Waals surface area contributed by atoms with E-state index in [0.29, 0.717) is 41.4 Å². The maximum atomic E-state index is 13.3. The summed E-state index contributed by atoms with van der Waals surface area (Å²) in [6.07, 6.45) is 5.83. The summed E-state index contributed by atoms with van der Waals surface area (Å²) in [4.78, 5) is 17.1. The summed E-state index contributed by atoms with van der Waals surface area (Å²) >= 11 is 5.93. The lowest BCUT2D eigenvalue weighted by atomic mass is 10.1. The lowest BCUT2D eigenvalue weighted by Gasteiger charge is -2.22. The number of hydrogen-bond donors (Lipinski definition) is 1. The Bertz CT molecular complexity index is 1500. The average Bonchev–Trinajstić information content (AvgIpc) is 2.84. The van der Waals surface area contributed by atoms with Crippen LogP contribution >= 0.6 is 11.6 Å². The number of pyridine rings is 2. The first-order valence-corrected chi connectivity index (χ1v) is 12.5. The predicted octanol–water partition coefficient (Wildman–Crippen LogP) is 4.24. The van der Waals surface area contributed by atoms with E-state index in [2.05, 4.69) is 24.7 Å². The first-order chi connectivity index (χ1) is 16.9. The van der Waals surface area contributed by atoms with E-state index in [1.165, 1.54) is 12.5 Å². The molecule has 1 aliphatic rings. The van der Waals surface area contributed by atoms with Gasteiger partial charge < -0.3 is 9.47 Å². The number of halogens is 2. The van der Waals surface area contributed by atoms with Crippen molar-refractivity contribution in [3.05, 3.63) is 66.0 Å². The normalized spacial score (nSPS) is 14.7. The van der Waals surface area contributed by atoms with Crippen molar-refractivity contribution >= 4 is 38.3 Å². The molecule has 0 spiro atoms. The van der Waals surface area contributed by atoms with Crippen molar-refractivity contribution in [2.75, 3.05) is 17.9 Å². The molecule has 0 bridgehead atoms. The monoisotopic (exact) mass is 515 g/mol. The van der Waals surface area contributed by atoms with Crippen molar-refractivity contribution in [3.8, 4) is 17.1 Å². The Kier molecular flexibility index (Phi) is 6.46. The fourth-order valence-electron chi connectivity index (χ4n) is 3.66. The van der Waals surface area contributed by atoms with Gasteiger partial charge in [0.15, 0.2) is 5.52 Å². The van der Waals surface area contributed by atoms with E-state index in [9.17, 15) is 12.8 Å². The summed E-state index contributed by atoms with van der Waals surface area (Å²) in [5.41, 5.74) is 2.37. The van der Waals surface area contributed by atoms with Crippen molar-refractivity contribution in [1.82, 2.24) is 19.9 Å². The minimum atomic E-state index is -4.08. The summed E-state index contributed by atoms with van der Waals surface area (Å²) in [6, 6.07) is 8.17. The molecule has 0 unspecified atom stereocenters. The Labute approximate surface area is 205 Å². The van der Waals surface area contributed by atoms with Gasteiger partial charge in [-0.15, -0.1) is 0 Å². The van der Waals surface area contributed by atoms with Crippen LogP contribution in [0.3, 0.4) is 0 Å². The topological polar surface area (TPSA) is 116 Å². The van der Waals surface area contributed by atoms with Gasteiger partial charge in [-0.05, 0) is 36.4 Å². The van der Waals surface area contributed by atoms with Crippen LogP contribution in [0, 0.1) is 5.82 Å². The van der Waals surface area contributed by atoms with Crippen molar-refractivity contribution in [3.63, 3.8) is 0 Å². The van der Waals surface area contributed by atoms with Crippen LogP contribution in [0.1, 0.15) is 12.8 Å². The van der Waals surface area contributed by atoms with Crippen LogP contribution in [0.4, 0.5) is 10.1 Å². The molecule has 1 aliphatic heterocycles. The average molecular weight is 516 g/mol. The highest BCUT2D eigenvalue weighted by Crippen LogP contribution is 2.29. The molecule has 3 aromatic heterocycles. The van der Waals surface area contributed by atoms with Crippen LogP contribution in [-0.2, 0) is 14.8 Å². The summed E-state index contributed by atoms with van der Waals surface area (Å²) in [5, 5.41) is -0.227. The largest absolute Gasteiger partial charge is 0.473 e. The third kappa shape index (κ3) is 5.16. The first kappa shape index (κ1) is 23.3. The number of fused-ring (bicyclic) bond motifs is 1. The maximum Gasteiger partial charge on any atom is 0.263 e. The zero-order chi connectivity index (χ0) is 24.4. The lowest BCUT2D eigenvalue weighted by Crippen LogP contribution is -2.26. The molecule has 35 heavy (non-hydrogen) atoms. The zero-order valence-electron chi connectivity index (χ0n) is 18.2. The van der Waals surface area contributed by atoms with Gasteiger partial charge in [0.05, 0.1) is 41.3 Å². The van der Waals surface area contributed by atoms with E-state index in [1.807, 2.05) is 0 Å². The van der Waals surface area contributed by atoms with Crippen LogP contribution in [0.25, 0.3) is 22.3 Å². The van der Waals surface area contributed by atoms with Crippen molar-refractivity contribution in [2.45, 2.75) is 23.8 Å². The van der Waals surface area contributed by atoms with E-state index >= 15 is 0 Å². The SMILES string of the molecule is O=S(=O)(Nc1cncc(-c2ccc3ncnc(OC4CCOCC4)c3n2)c1)c1ccc(F)cc1Cl. The number of nitrogens with zero attached hydrogens (tertiary/aromatic N) is 4. The number of rotatable bonds is 6. The maximum absolute atomic E-state index is 13.3. The van der Waals surface area contributed by atoms with Crippen molar-refractivity contribution < 1.29 is 22.3 Å². The number of aromatic nitrogens is 4. The minimum absolute atomic E-state index is 0.0232. The molecule has 0 saturated carbocycles. The number of sulfonamides is 1. The number of ether oxygens (including phenoxy) is 2. The second kappa shape index (κ2) is 9.68. The Balaban J connectivity index is 1.45. The highest BCUT2D eigenvalue weighted by Gasteiger charge is 2.20. The number of anilines is 1. The van der Waals surface area contributed by atoms with Gasteiger partial charge in [-0.2, -0.15) is 4.98 Å². The molecule has 0 radical (unpaired) electrons. The molecule has 180 valence electrons. The summed E-state index contributed by atoms with van der Waals surface area (Å²) < 4.78 is 52.8. The standard InChI is InChI=1S/C23H19ClFN5O4S/c24-18-10-15(25)1-4-21(18)35(31,32)30-16-9-14(11-26-12-16)19-2-3-20-22(29-19)23(28-13-27-20)34-17-5-7-33-8-6-17/h1-4,9-13,17,30H,5-8H2. The molecule has 4 aromatic rings. The number of hydrogen-bond acceptors (Lipinski definition) is 8. The zero-order valence-corrected chi connectivity index (χ0v) is 19.8. The van der Waals surface area contributed by atoms with Crippen LogP contribution in [0.5, 0.6) is 5.88 Å². The van der Waals surface area contributed by atoms with Crippen LogP contribution in [0.2, 0.25) is 5.02 Å². The molecule has 1 aromatic carbocycles. The van der Waals surface area contributed by atoms with Gasteiger partial charge in [0.1, 0.15) is 23.1 Å². The van der Waals surface area contributed by atoms with Gasteiger partial charge in [0.2, 0.25) is 5.88 Å². The molecular formula is C23H19ClFN5O4S.